The molecular weight excluding hydrogens is 311 g/mol. The first-order chi connectivity index (χ1) is 9.34. The first-order valence-electron chi connectivity index (χ1n) is 7.43. The fraction of sp³-hybridized carbons (Fsp3) is 0.733. The third-order valence-corrected chi connectivity index (χ3v) is 4.31. The molecule has 122 valence electrons. The molecule has 1 aromatic heterocycles. The lowest BCUT2D eigenvalue weighted by atomic mass is 9.88. The molecule has 1 aromatic rings. The Bertz CT molecular complexity index is 384. The smallest absolute Gasteiger partial charge is 0.121 e. The van der Waals surface area contributed by atoms with Gasteiger partial charge in [-0.05, 0) is 37.8 Å². The van der Waals surface area contributed by atoms with E-state index in [1.54, 1.807) is 0 Å². The van der Waals surface area contributed by atoms with Gasteiger partial charge < -0.3 is 14.5 Å². The Morgan fingerprint density at radius 1 is 1.14 bits per heavy atom. The van der Waals surface area contributed by atoms with E-state index in [2.05, 4.69) is 22.3 Å². The molecule has 1 N–H and O–H groups in total. The van der Waals surface area contributed by atoms with E-state index < -0.39 is 0 Å². The van der Waals surface area contributed by atoms with Crippen molar-refractivity contribution in [2.75, 3.05) is 39.4 Å². The van der Waals surface area contributed by atoms with Gasteiger partial charge in [0.1, 0.15) is 11.5 Å². The second-order valence-corrected chi connectivity index (χ2v) is 5.63. The highest BCUT2D eigenvalue weighted by atomic mass is 35.5. The summed E-state index contributed by atoms with van der Waals surface area (Å²) in [5.74, 6) is 2.82. The minimum absolute atomic E-state index is 0. The van der Waals surface area contributed by atoms with Gasteiger partial charge in [-0.2, -0.15) is 0 Å². The van der Waals surface area contributed by atoms with Crippen LogP contribution in [0.4, 0.5) is 0 Å². The van der Waals surface area contributed by atoms with Crippen molar-refractivity contribution in [3.8, 4) is 0 Å². The maximum Gasteiger partial charge on any atom is 0.121 e. The van der Waals surface area contributed by atoms with E-state index in [0.29, 0.717) is 12.0 Å². The van der Waals surface area contributed by atoms with Crippen LogP contribution in [0.1, 0.15) is 30.4 Å². The first-order valence-corrected chi connectivity index (χ1v) is 7.43. The average molecular weight is 337 g/mol. The first kappa shape index (κ1) is 18.8. The third kappa shape index (κ3) is 4.60. The highest BCUT2D eigenvalue weighted by Gasteiger charge is 2.33. The fourth-order valence-corrected chi connectivity index (χ4v) is 3.31. The second kappa shape index (κ2) is 9.01. The van der Waals surface area contributed by atoms with E-state index in [-0.39, 0.29) is 24.8 Å². The highest BCUT2D eigenvalue weighted by molar-refractivity contribution is 5.85. The number of ether oxygens (including phenoxy) is 1. The molecule has 3 rings (SSSR count). The Hall–Kier alpha value is -0.260. The summed E-state index contributed by atoms with van der Waals surface area (Å²) in [6, 6.07) is 4.68. The quantitative estimate of drug-likeness (QED) is 0.920. The van der Waals surface area contributed by atoms with E-state index >= 15 is 0 Å². The molecule has 1 atom stereocenters. The molecule has 6 heteroatoms. The average Bonchev–Trinajstić information content (AvgIpc) is 2.88. The number of rotatable bonds is 3. The third-order valence-electron chi connectivity index (χ3n) is 4.31. The number of nitrogens with one attached hydrogen (secondary N) is 1. The van der Waals surface area contributed by atoms with Crippen molar-refractivity contribution in [3.63, 3.8) is 0 Å². The van der Waals surface area contributed by atoms with Gasteiger partial charge in [-0.1, -0.05) is 0 Å². The van der Waals surface area contributed by atoms with E-state index in [1.807, 2.05) is 6.92 Å². The number of piperazine rings is 1. The van der Waals surface area contributed by atoms with Crippen LogP contribution in [0.3, 0.4) is 0 Å². The summed E-state index contributed by atoms with van der Waals surface area (Å²) < 4.78 is 11.5. The maximum atomic E-state index is 5.95. The van der Waals surface area contributed by atoms with Gasteiger partial charge in [-0.25, -0.2) is 0 Å². The van der Waals surface area contributed by atoms with E-state index in [9.17, 15) is 0 Å². The van der Waals surface area contributed by atoms with Crippen LogP contribution >= 0.6 is 24.8 Å². The van der Waals surface area contributed by atoms with Gasteiger partial charge in [-0.3, -0.25) is 4.90 Å². The van der Waals surface area contributed by atoms with Crippen molar-refractivity contribution < 1.29 is 9.15 Å². The SMILES string of the molecule is Cc1ccc([C@H](C2CCOCC2)N2CCNCC2)o1.Cl.Cl. The minimum Gasteiger partial charge on any atom is -0.465 e. The molecule has 2 saturated heterocycles. The van der Waals surface area contributed by atoms with Gasteiger partial charge in [0, 0.05) is 39.4 Å². The minimum atomic E-state index is 0. The zero-order valence-electron chi connectivity index (χ0n) is 12.5. The highest BCUT2D eigenvalue weighted by Crippen LogP contribution is 2.36. The number of nitrogens with zero attached hydrogens (tertiary/aromatic N) is 1. The summed E-state index contributed by atoms with van der Waals surface area (Å²) in [6.07, 6.45) is 2.29. The summed E-state index contributed by atoms with van der Waals surface area (Å²) in [4.78, 5) is 2.59. The lowest BCUT2D eigenvalue weighted by molar-refractivity contribution is 0.0146. The number of aryl methyl sites for hydroxylation is 1. The predicted octanol–water partition coefficient (Wildman–Crippen LogP) is 2.80. The molecule has 0 spiro atoms. The predicted molar refractivity (Wildman–Crippen MR) is 88.7 cm³/mol. The van der Waals surface area contributed by atoms with Gasteiger partial charge in [0.25, 0.3) is 0 Å². The van der Waals surface area contributed by atoms with Gasteiger partial charge >= 0.3 is 0 Å². The van der Waals surface area contributed by atoms with E-state index in [0.717, 1.165) is 63.8 Å². The molecule has 2 fully saturated rings. The van der Waals surface area contributed by atoms with Crippen LogP contribution in [0.15, 0.2) is 16.5 Å². The van der Waals surface area contributed by atoms with Crippen LogP contribution in [0.2, 0.25) is 0 Å². The monoisotopic (exact) mass is 336 g/mol. The van der Waals surface area contributed by atoms with Crippen molar-refractivity contribution in [3.05, 3.63) is 23.7 Å². The number of halogens is 2. The van der Waals surface area contributed by atoms with Gasteiger partial charge in [0.2, 0.25) is 0 Å². The maximum absolute atomic E-state index is 5.95. The summed E-state index contributed by atoms with van der Waals surface area (Å²) >= 11 is 0. The van der Waals surface area contributed by atoms with Crippen LogP contribution in [-0.2, 0) is 4.74 Å². The number of hydrogen-bond donors (Lipinski definition) is 1. The molecule has 0 amide bonds. The lowest BCUT2D eigenvalue weighted by Crippen LogP contribution is -2.47. The molecule has 0 radical (unpaired) electrons. The Labute approximate surface area is 139 Å². The molecule has 0 saturated carbocycles. The summed E-state index contributed by atoms with van der Waals surface area (Å²) in [6.45, 7) is 8.21. The van der Waals surface area contributed by atoms with Crippen molar-refractivity contribution in [1.82, 2.24) is 10.2 Å². The normalized spacial score (nSPS) is 22.1. The van der Waals surface area contributed by atoms with Gasteiger partial charge in [0.05, 0.1) is 6.04 Å². The Kier molecular flexibility index (Phi) is 8.06. The number of furan rings is 1. The molecule has 0 unspecified atom stereocenters. The standard InChI is InChI=1S/C15H24N2O2.2ClH/c1-12-2-3-14(19-12)15(13-4-10-18-11-5-13)17-8-6-16-7-9-17;;/h2-3,13,15-16H,4-11H2,1H3;2*1H/t15-;;/m0../s1. The summed E-state index contributed by atoms with van der Waals surface area (Å²) in [5, 5.41) is 3.43. The Balaban J connectivity index is 0.00000110. The molecule has 0 aromatic carbocycles. The van der Waals surface area contributed by atoms with Gasteiger partial charge in [-0.15, -0.1) is 24.8 Å². The fourth-order valence-electron chi connectivity index (χ4n) is 3.31. The zero-order chi connectivity index (χ0) is 13.1. The molecule has 0 bridgehead atoms. The van der Waals surface area contributed by atoms with Crippen LogP contribution in [0.25, 0.3) is 0 Å². The molecule has 4 nitrogen and oxygen atoms in total. The molecule has 21 heavy (non-hydrogen) atoms. The van der Waals surface area contributed by atoms with E-state index in [1.165, 1.54) is 0 Å². The van der Waals surface area contributed by atoms with Crippen molar-refractivity contribution in [2.45, 2.75) is 25.8 Å². The van der Waals surface area contributed by atoms with Crippen LogP contribution < -0.4 is 5.32 Å². The molecular formula is C15H26Cl2N2O2. The Morgan fingerprint density at radius 3 is 2.38 bits per heavy atom. The largest absolute Gasteiger partial charge is 0.465 e. The molecule has 0 aliphatic carbocycles. The van der Waals surface area contributed by atoms with Crippen LogP contribution in [0, 0.1) is 12.8 Å². The van der Waals surface area contributed by atoms with Crippen molar-refractivity contribution in [2.24, 2.45) is 5.92 Å². The lowest BCUT2D eigenvalue weighted by Gasteiger charge is -2.39. The number of hydrogen-bond acceptors (Lipinski definition) is 4. The van der Waals surface area contributed by atoms with Crippen LogP contribution in [0.5, 0.6) is 0 Å². The van der Waals surface area contributed by atoms with Crippen LogP contribution in [-0.4, -0.2) is 44.3 Å². The topological polar surface area (TPSA) is 37.6 Å². The van der Waals surface area contributed by atoms with E-state index in [4.69, 9.17) is 9.15 Å². The molecule has 2 aliphatic rings. The molecule has 3 heterocycles. The van der Waals surface area contributed by atoms with Crippen molar-refractivity contribution >= 4 is 24.8 Å². The van der Waals surface area contributed by atoms with Gasteiger partial charge in [0.15, 0.2) is 0 Å². The zero-order valence-corrected chi connectivity index (χ0v) is 14.2. The summed E-state index contributed by atoms with van der Waals surface area (Å²) in [7, 11) is 0. The Morgan fingerprint density at radius 2 is 1.81 bits per heavy atom. The second-order valence-electron chi connectivity index (χ2n) is 5.63. The molecule has 2 aliphatic heterocycles. The summed E-state index contributed by atoms with van der Waals surface area (Å²) in [5.41, 5.74) is 0. The van der Waals surface area contributed by atoms with Crippen molar-refractivity contribution in [1.29, 1.82) is 0 Å².